The summed E-state index contributed by atoms with van der Waals surface area (Å²) in [5.74, 6) is -1.56. The van der Waals surface area contributed by atoms with Crippen molar-refractivity contribution in [3.05, 3.63) is 46.7 Å². The second-order valence-electron chi connectivity index (χ2n) is 4.60. The Morgan fingerprint density at radius 2 is 1.90 bits per heavy atom. The van der Waals surface area contributed by atoms with Crippen molar-refractivity contribution in [1.82, 2.24) is 9.78 Å². The van der Waals surface area contributed by atoms with Crippen LogP contribution >= 0.6 is 11.6 Å². The van der Waals surface area contributed by atoms with Crippen molar-refractivity contribution in [2.75, 3.05) is 0 Å². The Bertz CT molecular complexity index is 677. The molecule has 0 radical (unpaired) electrons. The van der Waals surface area contributed by atoms with Crippen LogP contribution < -0.4 is 4.74 Å². The summed E-state index contributed by atoms with van der Waals surface area (Å²) in [6, 6.07) is 7.30. The van der Waals surface area contributed by atoms with Crippen molar-refractivity contribution in [3.63, 3.8) is 0 Å². The molecule has 0 unspecified atom stereocenters. The lowest BCUT2D eigenvalue weighted by atomic mass is 10.3. The van der Waals surface area contributed by atoms with E-state index >= 15 is 0 Å². The number of aromatic nitrogens is 2. The summed E-state index contributed by atoms with van der Waals surface area (Å²) in [4.78, 5) is 23.1. The Kier molecular flexibility index (Phi) is 4.28. The molecule has 0 fully saturated rings. The number of carboxylic acids is 1. The van der Waals surface area contributed by atoms with E-state index in [1.54, 1.807) is 38.1 Å². The first-order valence-corrected chi connectivity index (χ1v) is 6.57. The number of aromatic carboxylic acids is 1. The molecule has 0 aliphatic carbocycles. The van der Waals surface area contributed by atoms with E-state index in [1.165, 1.54) is 10.7 Å². The van der Waals surface area contributed by atoms with Gasteiger partial charge < -0.3 is 9.84 Å². The van der Waals surface area contributed by atoms with Gasteiger partial charge in [0.15, 0.2) is 5.69 Å². The number of carbonyl (C=O) groups excluding carboxylic acids is 1. The number of esters is 1. The zero-order chi connectivity index (χ0) is 15.6. The van der Waals surface area contributed by atoms with Crippen LogP contribution in [0.15, 0.2) is 30.3 Å². The van der Waals surface area contributed by atoms with Gasteiger partial charge in [-0.25, -0.2) is 9.59 Å². The number of ether oxygens (including phenoxy) is 1. The zero-order valence-electron chi connectivity index (χ0n) is 11.4. The van der Waals surface area contributed by atoms with Crippen molar-refractivity contribution in [2.45, 2.75) is 19.9 Å². The second-order valence-corrected chi connectivity index (χ2v) is 5.04. The first-order chi connectivity index (χ1) is 9.88. The van der Waals surface area contributed by atoms with Gasteiger partial charge in [0.1, 0.15) is 11.4 Å². The lowest BCUT2D eigenvalue weighted by Gasteiger charge is -2.10. The third-order valence-electron chi connectivity index (χ3n) is 2.68. The molecular weight excluding hydrogens is 296 g/mol. The van der Waals surface area contributed by atoms with E-state index in [4.69, 9.17) is 21.4 Å². The topological polar surface area (TPSA) is 81.4 Å². The number of hydrogen-bond acceptors (Lipinski definition) is 4. The SMILES string of the molecule is CC(C)n1nc(C(=O)O)cc1C(=O)Oc1ccc(Cl)cc1. The maximum atomic E-state index is 12.2. The molecule has 0 bridgehead atoms. The highest BCUT2D eigenvalue weighted by molar-refractivity contribution is 6.30. The third kappa shape index (κ3) is 3.41. The van der Waals surface area contributed by atoms with Crippen molar-refractivity contribution in [2.24, 2.45) is 0 Å². The average Bonchev–Trinajstić information content (AvgIpc) is 2.87. The summed E-state index contributed by atoms with van der Waals surface area (Å²) in [7, 11) is 0. The van der Waals surface area contributed by atoms with Crippen molar-refractivity contribution < 1.29 is 19.4 Å². The molecule has 110 valence electrons. The summed E-state index contributed by atoms with van der Waals surface area (Å²) in [6.45, 7) is 3.58. The van der Waals surface area contributed by atoms with Crippen LogP contribution in [0.25, 0.3) is 0 Å². The highest BCUT2D eigenvalue weighted by Crippen LogP contribution is 2.18. The lowest BCUT2D eigenvalue weighted by Crippen LogP contribution is -2.17. The Hall–Kier alpha value is -2.34. The molecule has 0 saturated carbocycles. The van der Waals surface area contributed by atoms with Gasteiger partial charge in [-0.15, -0.1) is 0 Å². The molecule has 7 heteroatoms. The van der Waals surface area contributed by atoms with Gasteiger partial charge in [-0.3, -0.25) is 4.68 Å². The van der Waals surface area contributed by atoms with Gasteiger partial charge >= 0.3 is 11.9 Å². The van der Waals surface area contributed by atoms with Crippen LogP contribution in [0.2, 0.25) is 5.02 Å². The van der Waals surface area contributed by atoms with Crippen LogP contribution in [0.1, 0.15) is 40.9 Å². The molecule has 1 N–H and O–H groups in total. The first-order valence-electron chi connectivity index (χ1n) is 6.19. The molecule has 2 aromatic rings. The lowest BCUT2D eigenvalue weighted by molar-refractivity contribution is 0.0686. The number of nitrogens with zero attached hydrogens (tertiary/aromatic N) is 2. The molecule has 1 heterocycles. The highest BCUT2D eigenvalue weighted by atomic mass is 35.5. The average molecular weight is 309 g/mol. The number of rotatable bonds is 4. The molecule has 0 saturated heterocycles. The minimum absolute atomic E-state index is 0.0809. The quantitative estimate of drug-likeness (QED) is 0.693. The van der Waals surface area contributed by atoms with Crippen LogP contribution in [0.4, 0.5) is 0 Å². The first kappa shape index (κ1) is 15.1. The maximum absolute atomic E-state index is 12.2. The Morgan fingerprint density at radius 1 is 1.29 bits per heavy atom. The van der Waals surface area contributed by atoms with Crippen molar-refractivity contribution in [1.29, 1.82) is 0 Å². The number of benzene rings is 1. The van der Waals surface area contributed by atoms with Gasteiger partial charge in [0, 0.05) is 17.1 Å². The van der Waals surface area contributed by atoms with Crippen LogP contribution in [0.5, 0.6) is 5.75 Å². The Balaban J connectivity index is 2.29. The van der Waals surface area contributed by atoms with Crippen molar-refractivity contribution in [3.8, 4) is 5.75 Å². The van der Waals surface area contributed by atoms with Crippen LogP contribution in [0, 0.1) is 0 Å². The van der Waals surface area contributed by atoms with E-state index in [-0.39, 0.29) is 17.4 Å². The molecule has 0 atom stereocenters. The minimum Gasteiger partial charge on any atom is -0.476 e. The molecule has 0 spiro atoms. The monoisotopic (exact) mass is 308 g/mol. The normalized spacial score (nSPS) is 10.7. The third-order valence-corrected chi connectivity index (χ3v) is 2.93. The van der Waals surface area contributed by atoms with Gasteiger partial charge in [0.25, 0.3) is 0 Å². The standard InChI is InChI=1S/C14H13ClN2O4/c1-8(2)17-12(7-11(16-17)13(18)19)14(20)21-10-5-3-9(15)4-6-10/h3-8H,1-2H3,(H,18,19). The predicted octanol–water partition coefficient (Wildman–Crippen LogP) is 3.03. The summed E-state index contributed by atoms with van der Waals surface area (Å²) in [5, 5.41) is 13.4. The van der Waals surface area contributed by atoms with E-state index < -0.39 is 11.9 Å². The molecule has 1 aromatic heterocycles. The number of halogens is 1. The van der Waals surface area contributed by atoms with Crippen LogP contribution in [-0.4, -0.2) is 26.8 Å². The largest absolute Gasteiger partial charge is 0.476 e. The van der Waals surface area contributed by atoms with E-state index in [9.17, 15) is 9.59 Å². The van der Waals surface area contributed by atoms with Crippen LogP contribution in [-0.2, 0) is 0 Å². The summed E-state index contributed by atoms with van der Waals surface area (Å²) < 4.78 is 6.51. The van der Waals surface area contributed by atoms with Crippen LogP contribution in [0.3, 0.4) is 0 Å². The van der Waals surface area contributed by atoms with Gasteiger partial charge in [-0.05, 0) is 38.1 Å². The smallest absolute Gasteiger partial charge is 0.362 e. The molecule has 2 rings (SSSR count). The molecule has 6 nitrogen and oxygen atoms in total. The molecule has 0 aliphatic heterocycles. The number of carboxylic acid groups (broad SMARTS) is 1. The fourth-order valence-corrected chi connectivity index (χ4v) is 1.83. The highest BCUT2D eigenvalue weighted by Gasteiger charge is 2.21. The second kappa shape index (κ2) is 5.97. The van der Waals surface area contributed by atoms with E-state index in [0.717, 1.165) is 0 Å². The Morgan fingerprint density at radius 3 is 2.43 bits per heavy atom. The zero-order valence-corrected chi connectivity index (χ0v) is 12.2. The number of hydrogen-bond donors (Lipinski definition) is 1. The summed E-state index contributed by atoms with van der Waals surface area (Å²) in [6.07, 6.45) is 0. The predicted molar refractivity (Wildman–Crippen MR) is 76.0 cm³/mol. The molecule has 0 aliphatic rings. The summed E-state index contributed by atoms with van der Waals surface area (Å²) in [5.41, 5.74) is -0.121. The van der Waals surface area contributed by atoms with Gasteiger partial charge in [-0.1, -0.05) is 11.6 Å². The van der Waals surface area contributed by atoms with E-state index in [0.29, 0.717) is 10.8 Å². The molecule has 21 heavy (non-hydrogen) atoms. The van der Waals surface area contributed by atoms with E-state index in [2.05, 4.69) is 5.10 Å². The fourth-order valence-electron chi connectivity index (χ4n) is 1.71. The van der Waals surface area contributed by atoms with Crippen molar-refractivity contribution >= 4 is 23.5 Å². The molecular formula is C14H13ClN2O4. The Labute approximate surface area is 125 Å². The van der Waals surface area contributed by atoms with Gasteiger partial charge in [0.2, 0.25) is 0 Å². The maximum Gasteiger partial charge on any atom is 0.362 e. The molecule has 0 amide bonds. The number of carbonyl (C=O) groups is 2. The van der Waals surface area contributed by atoms with Gasteiger partial charge in [-0.2, -0.15) is 5.10 Å². The fraction of sp³-hybridized carbons (Fsp3) is 0.214. The minimum atomic E-state index is -1.20. The summed E-state index contributed by atoms with van der Waals surface area (Å²) >= 11 is 5.75. The van der Waals surface area contributed by atoms with E-state index in [1.807, 2.05) is 0 Å². The molecule has 1 aromatic carbocycles. The van der Waals surface area contributed by atoms with Gasteiger partial charge in [0.05, 0.1) is 0 Å².